The number of halogens is 2. The molecule has 0 spiro atoms. The summed E-state index contributed by atoms with van der Waals surface area (Å²) in [4.78, 5) is 2.00. The normalized spacial score (nSPS) is 18.8. The van der Waals surface area contributed by atoms with Crippen LogP contribution in [0.2, 0.25) is 5.02 Å². The van der Waals surface area contributed by atoms with Crippen molar-refractivity contribution in [2.75, 3.05) is 26.9 Å². The van der Waals surface area contributed by atoms with Gasteiger partial charge in [0.15, 0.2) is 0 Å². The van der Waals surface area contributed by atoms with E-state index in [-0.39, 0.29) is 18.0 Å². The molecule has 3 nitrogen and oxygen atoms in total. The van der Waals surface area contributed by atoms with Crippen LogP contribution in [0, 0.1) is 5.82 Å². The van der Waals surface area contributed by atoms with E-state index in [2.05, 4.69) is 0 Å². The van der Waals surface area contributed by atoms with Crippen LogP contribution in [-0.2, 0) is 11.3 Å². The minimum Gasteiger partial charge on any atom is -0.394 e. The SMILES string of the molecule is CN(Cc1cc(Cl)ccc1F)C1(CO)CCOCC1. The van der Waals surface area contributed by atoms with Gasteiger partial charge >= 0.3 is 0 Å². The summed E-state index contributed by atoms with van der Waals surface area (Å²) in [6.45, 7) is 1.73. The summed E-state index contributed by atoms with van der Waals surface area (Å²) < 4.78 is 19.1. The molecule has 19 heavy (non-hydrogen) atoms. The fourth-order valence-electron chi connectivity index (χ4n) is 2.50. The van der Waals surface area contributed by atoms with Crippen LogP contribution in [0.1, 0.15) is 18.4 Å². The molecule has 1 N–H and O–H groups in total. The molecular weight excluding hydrogens is 269 g/mol. The lowest BCUT2D eigenvalue weighted by molar-refractivity contribution is -0.0496. The summed E-state index contributed by atoms with van der Waals surface area (Å²) >= 11 is 5.90. The van der Waals surface area contributed by atoms with E-state index >= 15 is 0 Å². The smallest absolute Gasteiger partial charge is 0.127 e. The number of likely N-dealkylation sites (N-methyl/N-ethyl adjacent to an activating group) is 1. The second kappa shape index (κ2) is 6.18. The largest absolute Gasteiger partial charge is 0.394 e. The minimum absolute atomic E-state index is 0.0506. The molecule has 0 atom stereocenters. The topological polar surface area (TPSA) is 32.7 Å². The Bertz CT molecular complexity index is 435. The minimum atomic E-state index is -0.326. The fourth-order valence-corrected chi connectivity index (χ4v) is 2.69. The Morgan fingerprint density at radius 2 is 2.11 bits per heavy atom. The molecule has 1 aromatic rings. The molecule has 106 valence electrons. The van der Waals surface area contributed by atoms with Crippen LogP contribution in [0.15, 0.2) is 18.2 Å². The molecule has 0 saturated carbocycles. The summed E-state index contributed by atoms with van der Waals surface area (Å²) in [5.74, 6) is -0.267. The second-order valence-electron chi connectivity index (χ2n) is 5.09. The summed E-state index contributed by atoms with van der Waals surface area (Å²) in [6.07, 6.45) is 1.50. The molecule has 1 fully saturated rings. The first-order valence-electron chi connectivity index (χ1n) is 6.41. The van der Waals surface area contributed by atoms with E-state index in [1.54, 1.807) is 6.07 Å². The summed E-state index contributed by atoms with van der Waals surface area (Å²) in [6, 6.07) is 4.55. The number of hydrogen-bond donors (Lipinski definition) is 1. The number of nitrogens with zero attached hydrogens (tertiary/aromatic N) is 1. The van der Waals surface area contributed by atoms with Crippen molar-refractivity contribution >= 4 is 11.6 Å². The van der Waals surface area contributed by atoms with Gasteiger partial charge in [-0.2, -0.15) is 0 Å². The number of aliphatic hydroxyl groups is 1. The maximum atomic E-state index is 13.8. The van der Waals surface area contributed by atoms with Crippen LogP contribution < -0.4 is 0 Å². The van der Waals surface area contributed by atoms with E-state index in [1.165, 1.54) is 12.1 Å². The molecule has 2 rings (SSSR count). The third kappa shape index (κ3) is 3.26. The highest BCUT2D eigenvalue weighted by atomic mass is 35.5. The number of hydrogen-bond acceptors (Lipinski definition) is 3. The van der Waals surface area contributed by atoms with Crippen LogP contribution >= 0.6 is 11.6 Å². The van der Waals surface area contributed by atoms with Gasteiger partial charge in [0, 0.05) is 35.9 Å². The first-order chi connectivity index (χ1) is 9.07. The Labute approximate surface area is 117 Å². The molecule has 1 aliphatic rings. The maximum Gasteiger partial charge on any atom is 0.127 e. The lowest BCUT2D eigenvalue weighted by Gasteiger charge is -2.43. The van der Waals surface area contributed by atoms with Gasteiger partial charge in [-0.05, 0) is 38.1 Å². The third-order valence-electron chi connectivity index (χ3n) is 3.94. The first kappa shape index (κ1) is 14.7. The van der Waals surface area contributed by atoms with E-state index in [9.17, 15) is 9.50 Å². The summed E-state index contributed by atoms with van der Waals surface area (Å²) in [5, 5.41) is 10.2. The van der Waals surface area contributed by atoms with E-state index in [0.717, 1.165) is 12.8 Å². The highest BCUT2D eigenvalue weighted by Gasteiger charge is 2.36. The summed E-state index contributed by atoms with van der Waals surface area (Å²) in [5.41, 5.74) is 0.224. The number of rotatable bonds is 4. The average Bonchev–Trinajstić information content (AvgIpc) is 2.43. The van der Waals surface area contributed by atoms with Gasteiger partial charge in [-0.1, -0.05) is 11.6 Å². The molecule has 0 bridgehead atoms. The predicted molar refractivity (Wildman–Crippen MR) is 72.7 cm³/mol. The molecule has 1 saturated heterocycles. The van der Waals surface area contributed by atoms with Gasteiger partial charge in [0.1, 0.15) is 5.82 Å². The Kier molecular flexibility index (Phi) is 4.79. The lowest BCUT2D eigenvalue weighted by atomic mass is 9.89. The molecule has 5 heteroatoms. The Balaban J connectivity index is 2.14. The third-order valence-corrected chi connectivity index (χ3v) is 4.18. The molecule has 0 unspecified atom stereocenters. The number of ether oxygens (including phenoxy) is 1. The molecule has 1 aromatic carbocycles. The van der Waals surface area contributed by atoms with Gasteiger partial charge in [0.2, 0.25) is 0 Å². The van der Waals surface area contributed by atoms with Crippen molar-refractivity contribution in [1.82, 2.24) is 4.90 Å². The monoisotopic (exact) mass is 287 g/mol. The molecular formula is C14H19ClFNO2. The Hall–Kier alpha value is -0.680. The standard InChI is InChI=1S/C14H19ClFNO2/c1-17(14(10-18)4-6-19-7-5-14)9-11-8-12(15)2-3-13(11)16/h2-3,8,18H,4-7,9-10H2,1H3. The van der Waals surface area contributed by atoms with Crippen molar-refractivity contribution < 1.29 is 14.2 Å². The van der Waals surface area contributed by atoms with E-state index in [4.69, 9.17) is 16.3 Å². The van der Waals surface area contributed by atoms with Crippen molar-refractivity contribution in [1.29, 1.82) is 0 Å². The van der Waals surface area contributed by atoms with Crippen molar-refractivity contribution in [3.05, 3.63) is 34.6 Å². The van der Waals surface area contributed by atoms with Crippen molar-refractivity contribution in [2.24, 2.45) is 0 Å². The van der Waals surface area contributed by atoms with Gasteiger partial charge in [-0.3, -0.25) is 4.90 Å². The highest BCUT2D eigenvalue weighted by molar-refractivity contribution is 6.30. The molecule has 1 heterocycles. The van der Waals surface area contributed by atoms with Gasteiger partial charge in [0.25, 0.3) is 0 Å². The number of aliphatic hydroxyl groups excluding tert-OH is 1. The Morgan fingerprint density at radius 3 is 2.74 bits per heavy atom. The Morgan fingerprint density at radius 1 is 1.42 bits per heavy atom. The van der Waals surface area contributed by atoms with Crippen LogP contribution in [0.3, 0.4) is 0 Å². The molecule has 0 radical (unpaired) electrons. The highest BCUT2D eigenvalue weighted by Crippen LogP contribution is 2.28. The van der Waals surface area contributed by atoms with E-state index < -0.39 is 0 Å². The van der Waals surface area contributed by atoms with E-state index in [1.807, 2.05) is 11.9 Å². The van der Waals surface area contributed by atoms with Gasteiger partial charge in [-0.25, -0.2) is 4.39 Å². The molecule has 0 aliphatic carbocycles. The zero-order valence-electron chi connectivity index (χ0n) is 11.0. The van der Waals surface area contributed by atoms with Crippen LogP contribution in [-0.4, -0.2) is 42.4 Å². The molecule has 0 aromatic heterocycles. The van der Waals surface area contributed by atoms with Gasteiger partial charge in [-0.15, -0.1) is 0 Å². The van der Waals surface area contributed by atoms with Crippen molar-refractivity contribution in [3.63, 3.8) is 0 Å². The lowest BCUT2D eigenvalue weighted by Crippen LogP contribution is -2.52. The first-order valence-corrected chi connectivity index (χ1v) is 6.79. The predicted octanol–water partition coefficient (Wildman–Crippen LogP) is 2.45. The number of benzene rings is 1. The molecule has 1 aliphatic heterocycles. The van der Waals surface area contributed by atoms with Crippen LogP contribution in [0.25, 0.3) is 0 Å². The zero-order valence-corrected chi connectivity index (χ0v) is 11.8. The van der Waals surface area contributed by atoms with E-state index in [0.29, 0.717) is 30.3 Å². The van der Waals surface area contributed by atoms with Crippen LogP contribution in [0.4, 0.5) is 4.39 Å². The average molecular weight is 288 g/mol. The van der Waals surface area contributed by atoms with Crippen LogP contribution in [0.5, 0.6) is 0 Å². The quantitative estimate of drug-likeness (QED) is 0.923. The van der Waals surface area contributed by atoms with Gasteiger partial charge in [0.05, 0.1) is 6.61 Å². The fraction of sp³-hybridized carbons (Fsp3) is 0.571. The summed E-state index contributed by atoms with van der Waals surface area (Å²) in [7, 11) is 1.90. The van der Waals surface area contributed by atoms with Crippen molar-refractivity contribution in [3.8, 4) is 0 Å². The molecule has 0 amide bonds. The zero-order chi connectivity index (χ0) is 13.9. The second-order valence-corrected chi connectivity index (χ2v) is 5.52. The maximum absolute atomic E-state index is 13.8. The van der Waals surface area contributed by atoms with Crippen molar-refractivity contribution in [2.45, 2.75) is 24.9 Å². The van der Waals surface area contributed by atoms with Gasteiger partial charge < -0.3 is 9.84 Å².